The van der Waals surface area contributed by atoms with Crippen LogP contribution in [0.1, 0.15) is 31.2 Å². The number of fused-ring (bicyclic) bond motifs is 2. The molecule has 0 amide bonds. The number of nitrogens with two attached hydrogens (primary N) is 1. The standard InChI is InChI=1S/C20H22FNO2/c21-18-10-16(22)11-19(23-12-13-4-2-1-3-5-13)20(18)24-17-8-14-6-15(7-14)9-17/h1-5,10-11,14-15,17H,6-9,12,22H2. The number of anilines is 1. The van der Waals surface area contributed by atoms with Gasteiger partial charge in [-0.05, 0) is 43.1 Å². The van der Waals surface area contributed by atoms with Gasteiger partial charge in [-0.2, -0.15) is 0 Å². The summed E-state index contributed by atoms with van der Waals surface area (Å²) in [6.07, 6.45) is 4.72. The highest BCUT2D eigenvalue weighted by Gasteiger charge is 2.39. The van der Waals surface area contributed by atoms with E-state index in [-0.39, 0.29) is 11.9 Å². The van der Waals surface area contributed by atoms with Crippen LogP contribution in [0, 0.1) is 17.7 Å². The maximum absolute atomic E-state index is 14.4. The number of benzene rings is 2. The third-order valence-corrected chi connectivity index (χ3v) is 5.08. The Balaban J connectivity index is 1.51. The van der Waals surface area contributed by atoms with Crippen molar-refractivity contribution in [3.8, 4) is 11.5 Å². The Morgan fingerprint density at radius 1 is 1.00 bits per heavy atom. The van der Waals surface area contributed by atoms with Crippen LogP contribution in [0.3, 0.4) is 0 Å². The molecule has 0 aliphatic heterocycles. The minimum atomic E-state index is -0.447. The first-order chi connectivity index (χ1) is 11.7. The molecular formula is C20H22FNO2. The van der Waals surface area contributed by atoms with Gasteiger partial charge in [-0.3, -0.25) is 0 Å². The first-order valence-corrected chi connectivity index (χ1v) is 8.60. The van der Waals surface area contributed by atoms with Crippen molar-refractivity contribution >= 4 is 5.69 Å². The summed E-state index contributed by atoms with van der Waals surface area (Å²) in [4.78, 5) is 0. The van der Waals surface area contributed by atoms with E-state index < -0.39 is 5.82 Å². The summed E-state index contributed by atoms with van der Waals surface area (Å²) < 4.78 is 26.2. The van der Waals surface area contributed by atoms with Gasteiger partial charge in [0, 0.05) is 17.8 Å². The first kappa shape index (κ1) is 15.3. The molecule has 3 nitrogen and oxygen atoms in total. The van der Waals surface area contributed by atoms with E-state index in [1.807, 2.05) is 30.3 Å². The van der Waals surface area contributed by atoms with Gasteiger partial charge >= 0.3 is 0 Å². The lowest BCUT2D eigenvalue weighted by Crippen LogP contribution is -2.39. The highest BCUT2D eigenvalue weighted by atomic mass is 19.1. The smallest absolute Gasteiger partial charge is 0.197 e. The monoisotopic (exact) mass is 327 g/mol. The third-order valence-electron chi connectivity index (χ3n) is 5.08. The molecule has 0 unspecified atom stereocenters. The van der Waals surface area contributed by atoms with E-state index in [0.717, 1.165) is 30.2 Å². The fourth-order valence-electron chi connectivity index (χ4n) is 3.91. The number of nitrogen functional groups attached to an aromatic ring is 1. The second-order valence-electron chi connectivity index (χ2n) is 7.02. The quantitative estimate of drug-likeness (QED) is 0.819. The Kier molecular flexibility index (Phi) is 4.05. The highest BCUT2D eigenvalue weighted by Crippen LogP contribution is 2.47. The molecule has 5 rings (SSSR count). The molecule has 0 radical (unpaired) electrons. The second-order valence-corrected chi connectivity index (χ2v) is 7.02. The molecule has 2 bridgehead atoms. The molecule has 2 aromatic carbocycles. The van der Waals surface area contributed by atoms with E-state index in [2.05, 4.69) is 0 Å². The summed E-state index contributed by atoms with van der Waals surface area (Å²) in [6.45, 7) is 0.357. The number of hydrogen-bond donors (Lipinski definition) is 1. The molecule has 3 saturated carbocycles. The van der Waals surface area contributed by atoms with Gasteiger partial charge < -0.3 is 15.2 Å². The Labute approximate surface area is 141 Å². The normalized spacial score (nSPS) is 25.0. The van der Waals surface area contributed by atoms with Crippen LogP contribution >= 0.6 is 0 Å². The van der Waals surface area contributed by atoms with Crippen molar-refractivity contribution in [2.75, 3.05) is 5.73 Å². The van der Waals surface area contributed by atoms with E-state index in [1.54, 1.807) is 6.07 Å². The lowest BCUT2D eigenvalue weighted by Gasteiger charge is -2.45. The highest BCUT2D eigenvalue weighted by molar-refractivity contribution is 5.53. The van der Waals surface area contributed by atoms with Crippen LogP contribution in [0.5, 0.6) is 11.5 Å². The number of ether oxygens (including phenoxy) is 2. The SMILES string of the molecule is Nc1cc(F)c(OC2CC3CC(C3)C2)c(OCc2ccccc2)c1. The number of rotatable bonds is 5. The predicted molar refractivity (Wildman–Crippen MR) is 91.5 cm³/mol. The maximum atomic E-state index is 14.4. The largest absolute Gasteiger partial charge is 0.485 e. The minimum absolute atomic E-state index is 0.0831. The van der Waals surface area contributed by atoms with Gasteiger partial charge in [-0.15, -0.1) is 0 Å². The van der Waals surface area contributed by atoms with Crippen molar-refractivity contribution < 1.29 is 13.9 Å². The van der Waals surface area contributed by atoms with Crippen LogP contribution in [0.4, 0.5) is 10.1 Å². The summed E-state index contributed by atoms with van der Waals surface area (Å²) in [5, 5.41) is 0. The maximum Gasteiger partial charge on any atom is 0.197 e. The van der Waals surface area contributed by atoms with Gasteiger partial charge in [0.25, 0.3) is 0 Å². The summed E-state index contributed by atoms with van der Waals surface area (Å²) in [7, 11) is 0. The molecule has 0 atom stereocenters. The summed E-state index contributed by atoms with van der Waals surface area (Å²) in [6, 6.07) is 12.7. The fraction of sp³-hybridized carbons (Fsp3) is 0.400. The molecule has 0 heterocycles. The zero-order valence-corrected chi connectivity index (χ0v) is 13.6. The van der Waals surface area contributed by atoms with Crippen LogP contribution in [0.15, 0.2) is 42.5 Å². The van der Waals surface area contributed by atoms with Crippen molar-refractivity contribution in [2.45, 2.75) is 38.4 Å². The molecular weight excluding hydrogens is 305 g/mol. The van der Waals surface area contributed by atoms with E-state index >= 15 is 0 Å². The van der Waals surface area contributed by atoms with Crippen molar-refractivity contribution in [3.05, 3.63) is 53.8 Å². The van der Waals surface area contributed by atoms with E-state index in [9.17, 15) is 4.39 Å². The van der Waals surface area contributed by atoms with Crippen LogP contribution in [-0.2, 0) is 6.61 Å². The van der Waals surface area contributed by atoms with Gasteiger partial charge in [0.05, 0.1) is 6.10 Å². The lowest BCUT2D eigenvalue weighted by molar-refractivity contribution is 0.00959. The fourth-order valence-corrected chi connectivity index (χ4v) is 3.91. The molecule has 126 valence electrons. The van der Waals surface area contributed by atoms with Crippen molar-refractivity contribution in [1.82, 2.24) is 0 Å². The molecule has 0 saturated heterocycles. The van der Waals surface area contributed by atoms with E-state index in [0.29, 0.717) is 18.0 Å². The van der Waals surface area contributed by atoms with Gasteiger partial charge in [-0.25, -0.2) is 4.39 Å². The van der Waals surface area contributed by atoms with Gasteiger partial charge in [0.15, 0.2) is 17.3 Å². The Hall–Kier alpha value is -2.23. The molecule has 24 heavy (non-hydrogen) atoms. The average molecular weight is 327 g/mol. The van der Waals surface area contributed by atoms with Crippen LogP contribution < -0.4 is 15.2 Å². The topological polar surface area (TPSA) is 44.5 Å². The Morgan fingerprint density at radius 3 is 2.42 bits per heavy atom. The summed E-state index contributed by atoms with van der Waals surface area (Å²) in [5.74, 6) is 1.64. The summed E-state index contributed by atoms with van der Waals surface area (Å²) >= 11 is 0. The molecule has 3 aliphatic rings. The van der Waals surface area contributed by atoms with Crippen molar-refractivity contribution in [3.63, 3.8) is 0 Å². The average Bonchev–Trinajstić information content (AvgIpc) is 2.56. The molecule has 0 aromatic heterocycles. The van der Waals surface area contributed by atoms with Crippen LogP contribution in [0.2, 0.25) is 0 Å². The molecule has 2 aromatic rings. The number of halogens is 1. The molecule has 3 aliphatic carbocycles. The third kappa shape index (κ3) is 3.18. The molecule has 2 N–H and O–H groups in total. The van der Waals surface area contributed by atoms with Crippen LogP contribution in [0.25, 0.3) is 0 Å². The zero-order chi connectivity index (χ0) is 16.5. The van der Waals surface area contributed by atoms with E-state index in [4.69, 9.17) is 15.2 Å². The zero-order valence-electron chi connectivity index (χ0n) is 13.6. The first-order valence-electron chi connectivity index (χ1n) is 8.60. The van der Waals surface area contributed by atoms with E-state index in [1.165, 1.54) is 18.9 Å². The Bertz CT molecular complexity index is 703. The van der Waals surface area contributed by atoms with Crippen molar-refractivity contribution in [1.29, 1.82) is 0 Å². The molecule has 3 fully saturated rings. The second kappa shape index (κ2) is 6.34. The van der Waals surface area contributed by atoms with Gasteiger partial charge in [0.1, 0.15) is 6.61 Å². The van der Waals surface area contributed by atoms with Gasteiger partial charge in [0.2, 0.25) is 0 Å². The lowest BCUT2D eigenvalue weighted by atomic mass is 9.64. The predicted octanol–water partition coefficient (Wildman–Crippen LogP) is 4.55. The van der Waals surface area contributed by atoms with Crippen molar-refractivity contribution in [2.24, 2.45) is 11.8 Å². The van der Waals surface area contributed by atoms with Crippen LogP contribution in [-0.4, -0.2) is 6.10 Å². The molecule has 0 spiro atoms. The van der Waals surface area contributed by atoms with Gasteiger partial charge in [-0.1, -0.05) is 30.3 Å². The summed E-state index contributed by atoms with van der Waals surface area (Å²) in [5.41, 5.74) is 7.14. The minimum Gasteiger partial charge on any atom is -0.485 e. The Morgan fingerprint density at radius 2 is 1.71 bits per heavy atom. The number of hydrogen-bond acceptors (Lipinski definition) is 3. The molecule has 4 heteroatoms.